The fourth-order valence-electron chi connectivity index (χ4n) is 2.63. The zero-order valence-corrected chi connectivity index (χ0v) is 15.2. The van der Waals surface area contributed by atoms with Crippen molar-refractivity contribution in [3.8, 4) is 0 Å². The molecule has 0 heterocycles. The molecule has 0 radical (unpaired) electrons. The van der Waals surface area contributed by atoms with Crippen molar-refractivity contribution in [3.05, 3.63) is 101 Å². The molecule has 24 heavy (non-hydrogen) atoms. The van der Waals surface area contributed by atoms with Crippen LogP contribution in [0.4, 0.5) is 0 Å². The van der Waals surface area contributed by atoms with Gasteiger partial charge in [-0.15, -0.1) is 10.1 Å². The maximum Gasteiger partial charge on any atom is 0.291 e. The first-order valence-electron chi connectivity index (χ1n) is 7.42. The maximum atomic E-state index is 8.36. The third-order valence-electron chi connectivity index (χ3n) is 3.82. The van der Waals surface area contributed by atoms with Gasteiger partial charge in [-0.05, 0) is 0 Å². The number of hydrogen-bond acceptors (Lipinski definition) is 2. The van der Waals surface area contributed by atoms with Crippen LogP contribution in [-0.4, -0.2) is 23.8 Å². The van der Waals surface area contributed by atoms with Crippen LogP contribution in [0.2, 0.25) is 5.71 Å². The van der Waals surface area contributed by atoms with E-state index in [0.29, 0.717) is 0 Å². The van der Waals surface area contributed by atoms with Crippen LogP contribution in [0.5, 0.6) is 0 Å². The topological polar surface area (TPSA) is 63.4 Å². The number of hydrogen-bond donors (Lipinski definition) is 1. The van der Waals surface area contributed by atoms with Gasteiger partial charge in [-0.25, -0.2) is 0 Å². The molecule has 0 aromatic heterocycles. The molecule has 3 rings (SSSR count). The van der Waals surface area contributed by atoms with E-state index in [1.165, 1.54) is 13.1 Å². The first-order chi connectivity index (χ1) is 11.5. The van der Waals surface area contributed by atoms with Gasteiger partial charge in [-0.2, -0.15) is 0 Å². The standard InChI is InChI=1S/C19H18As.HNO3/c1-20(17-11-5-2-6-12-17,18-13-7-3-8-14-18)19-15-9-4-10-16-19;2-1(3)4/h2-16H,1H3;(H,2,3,4)/q+1;. The molecule has 0 atom stereocenters. The van der Waals surface area contributed by atoms with E-state index in [1.807, 2.05) is 0 Å². The van der Waals surface area contributed by atoms with Crippen molar-refractivity contribution in [2.75, 3.05) is 0 Å². The Hall–Kier alpha value is -2.58. The zero-order valence-electron chi connectivity index (χ0n) is 13.3. The summed E-state index contributed by atoms with van der Waals surface area (Å²) in [6, 6.07) is 32.9. The average molecular weight is 384 g/mol. The van der Waals surface area contributed by atoms with Gasteiger partial charge < -0.3 is 5.21 Å². The Bertz CT molecular complexity index is 664. The third-order valence-corrected chi connectivity index (χ3v) is 12.2. The summed E-state index contributed by atoms with van der Waals surface area (Å²) in [6.45, 7) is 0. The molecule has 0 amide bonds. The summed E-state index contributed by atoms with van der Waals surface area (Å²) in [5.41, 5.74) is 2.47. The Morgan fingerprint density at radius 3 is 1.12 bits per heavy atom. The van der Waals surface area contributed by atoms with Crippen molar-refractivity contribution in [2.45, 2.75) is 5.71 Å². The van der Waals surface area contributed by atoms with Gasteiger partial charge in [-0.1, -0.05) is 0 Å². The van der Waals surface area contributed by atoms with E-state index in [2.05, 4.69) is 96.7 Å². The summed E-state index contributed by atoms with van der Waals surface area (Å²) < 4.78 is 4.47. The monoisotopic (exact) mass is 384 g/mol. The molecule has 0 fully saturated rings. The SMILES string of the molecule is C[As+](c1ccccc1)(c1ccccc1)c1ccccc1.O=[N+]([O-])O. The van der Waals surface area contributed by atoms with Crippen LogP contribution in [0.3, 0.4) is 0 Å². The van der Waals surface area contributed by atoms with Crippen LogP contribution in [0.1, 0.15) is 0 Å². The largest absolute Gasteiger partial charge is 0.328 e. The summed E-state index contributed by atoms with van der Waals surface area (Å²) >= 11 is -2.29. The van der Waals surface area contributed by atoms with E-state index in [1.54, 1.807) is 0 Å². The quantitative estimate of drug-likeness (QED) is 0.429. The predicted molar refractivity (Wildman–Crippen MR) is 98.6 cm³/mol. The van der Waals surface area contributed by atoms with Gasteiger partial charge in [0.1, 0.15) is 0 Å². The molecule has 0 aliphatic heterocycles. The smallest absolute Gasteiger partial charge is 0.291 e. The van der Waals surface area contributed by atoms with Crippen LogP contribution in [0.15, 0.2) is 91.0 Å². The van der Waals surface area contributed by atoms with E-state index in [-0.39, 0.29) is 0 Å². The number of nitrogens with zero attached hydrogens (tertiary/aromatic N) is 1. The average Bonchev–Trinajstić information content (AvgIpc) is 2.63. The molecule has 0 bridgehead atoms. The molecule has 0 unspecified atom stereocenters. The van der Waals surface area contributed by atoms with Crippen molar-refractivity contribution in [2.24, 2.45) is 0 Å². The minimum Gasteiger partial charge on any atom is -0.328 e. The second-order valence-corrected chi connectivity index (χ2v) is 12.7. The number of rotatable bonds is 3. The fraction of sp³-hybridized carbons (Fsp3) is 0.0526. The molecular weight excluding hydrogens is 365 g/mol. The second-order valence-electron chi connectivity index (χ2n) is 5.25. The van der Waals surface area contributed by atoms with Gasteiger partial charge >= 0.3 is 123 Å². The Morgan fingerprint density at radius 2 is 0.917 bits per heavy atom. The van der Waals surface area contributed by atoms with Crippen molar-refractivity contribution in [1.82, 2.24) is 0 Å². The fourth-order valence-corrected chi connectivity index (χ4v) is 9.34. The van der Waals surface area contributed by atoms with E-state index in [0.717, 1.165) is 0 Å². The van der Waals surface area contributed by atoms with Crippen molar-refractivity contribution >= 4 is 26.6 Å². The molecule has 3 aromatic carbocycles. The maximum absolute atomic E-state index is 8.36. The van der Waals surface area contributed by atoms with Gasteiger partial charge in [0.05, 0.1) is 0 Å². The predicted octanol–water partition coefficient (Wildman–Crippen LogP) is 2.44. The minimum atomic E-state index is -2.29. The van der Waals surface area contributed by atoms with Gasteiger partial charge in [-0.3, -0.25) is 0 Å². The van der Waals surface area contributed by atoms with Crippen LogP contribution in [0.25, 0.3) is 0 Å². The molecule has 0 aliphatic carbocycles. The van der Waals surface area contributed by atoms with Crippen LogP contribution >= 0.6 is 0 Å². The Labute approximate surface area is 144 Å². The Kier molecular flexibility index (Phi) is 6.16. The summed E-state index contributed by atoms with van der Waals surface area (Å²) in [5.74, 6) is 0. The molecule has 122 valence electrons. The second kappa shape index (κ2) is 8.32. The normalized spacial score (nSPS) is 10.4. The molecule has 5 heteroatoms. The van der Waals surface area contributed by atoms with Crippen LogP contribution in [0, 0.1) is 10.1 Å². The van der Waals surface area contributed by atoms with Gasteiger partial charge in [0.15, 0.2) is 0 Å². The third kappa shape index (κ3) is 4.24. The molecule has 3 aromatic rings. The van der Waals surface area contributed by atoms with Crippen molar-refractivity contribution in [1.29, 1.82) is 0 Å². The van der Waals surface area contributed by atoms with Crippen molar-refractivity contribution in [3.63, 3.8) is 0 Å². The first-order valence-corrected chi connectivity index (χ1v) is 12.1. The summed E-state index contributed by atoms with van der Waals surface area (Å²) in [4.78, 5) is 8.36. The molecule has 4 nitrogen and oxygen atoms in total. The van der Waals surface area contributed by atoms with Gasteiger partial charge in [0.2, 0.25) is 0 Å². The van der Waals surface area contributed by atoms with Crippen molar-refractivity contribution < 1.29 is 10.3 Å². The van der Waals surface area contributed by atoms with E-state index >= 15 is 0 Å². The summed E-state index contributed by atoms with van der Waals surface area (Å²) in [5, 5.41) is 13.6. The molecule has 0 saturated carbocycles. The molecule has 1 N–H and O–H groups in total. The Balaban J connectivity index is 0.000000471. The van der Waals surface area contributed by atoms with E-state index < -0.39 is 18.6 Å². The van der Waals surface area contributed by atoms with E-state index in [9.17, 15) is 0 Å². The summed E-state index contributed by atoms with van der Waals surface area (Å²) in [7, 11) is 0. The molecule has 0 spiro atoms. The zero-order chi connectivity index (χ0) is 17.4. The number of benzene rings is 3. The summed E-state index contributed by atoms with van der Waals surface area (Å²) in [6.07, 6.45) is 0. The minimum absolute atomic E-state index is 1.49. The Morgan fingerprint density at radius 1 is 0.708 bits per heavy atom. The molecular formula is C19H19AsNO3+. The van der Waals surface area contributed by atoms with E-state index in [4.69, 9.17) is 15.3 Å². The van der Waals surface area contributed by atoms with Crippen LogP contribution in [-0.2, 0) is 0 Å². The van der Waals surface area contributed by atoms with Gasteiger partial charge in [0, 0.05) is 0 Å². The molecule has 0 saturated heterocycles. The van der Waals surface area contributed by atoms with Gasteiger partial charge in [0.25, 0.3) is 5.09 Å². The first kappa shape index (κ1) is 17.8. The molecule has 0 aliphatic rings. The van der Waals surface area contributed by atoms with Crippen LogP contribution < -0.4 is 13.1 Å².